The van der Waals surface area contributed by atoms with Crippen LogP contribution in [0.15, 0.2) is 24.8 Å². The monoisotopic (exact) mass is 246 g/mol. The van der Waals surface area contributed by atoms with Crippen molar-refractivity contribution in [2.75, 3.05) is 14.2 Å². The van der Waals surface area contributed by atoms with Crippen LogP contribution in [0.4, 0.5) is 0 Å². The van der Waals surface area contributed by atoms with E-state index < -0.39 is 6.10 Å². The van der Waals surface area contributed by atoms with Gasteiger partial charge in [-0.3, -0.25) is 0 Å². The number of aliphatic hydroxyl groups excluding tert-OH is 1. The first kappa shape index (κ1) is 14.1. The molecule has 0 saturated heterocycles. The quantitative estimate of drug-likeness (QED) is 0.641. The predicted octanol–water partition coefficient (Wildman–Crippen LogP) is 2.49. The van der Waals surface area contributed by atoms with Crippen LogP contribution < -0.4 is 9.47 Å². The fraction of sp³-hybridized carbons (Fsp3) is 0.333. The van der Waals surface area contributed by atoms with Crippen molar-refractivity contribution in [3.63, 3.8) is 0 Å². The molecule has 96 valence electrons. The Balaban J connectivity index is 3.40. The first-order valence-corrected chi connectivity index (χ1v) is 5.64. The average Bonchev–Trinajstić information content (AvgIpc) is 2.38. The number of methoxy groups -OCH3 is 2. The molecular formula is C15H18O3. The minimum Gasteiger partial charge on any atom is -0.493 e. The predicted molar refractivity (Wildman–Crippen MR) is 71.9 cm³/mol. The zero-order valence-corrected chi connectivity index (χ0v) is 11.0. The van der Waals surface area contributed by atoms with Crippen LogP contribution in [0.1, 0.15) is 24.2 Å². The SMILES string of the molecule is C=CCc1c(C(O)C#CC)ccc(OC)c1OC. The maximum absolute atomic E-state index is 10.0. The van der Waals surface area contributed by atoms with Gasteiger partial charge in [0.15, 0.2) is 11.5 Å². The fourth-order valence-corrected chi connectivity index (χ4v) is 1.83. The van der Waals surface area contributed by atoms with E-state index in [0.717, 1.165) is 11.1 Å². The third kappa shape index (κ3) is 2.85. The van der Waals surface area contributed by atoms with Gasteiger partial charge < -0.3 is 14.6 Å². The van der Waals surface area contributed by atoms with E-state index in [1.807, 2.05) is 0 Å². The normalized spacial score (nSPS) is 11.1. The topological polar surface area (TPSA) is 38.7 Å². The summed E-state index contributed by atoms with van der Waals surface area (Å²) < 4.78 is 10.6. The Kier molecular flexibility index (Phi) is 5.29. The lowest BCUT2D eigenvalue weighted by Crippen LogP contribution is -2.04. The van der Waals surface area contributed by atoms with Crippen LogP contribution >= 0.6 is 0 Å². The van der Waals surface area contributed by atoms with E-state index in [4.69, 9.17) is 9.47 Å². The summed E-state index contributed by atoms with van der Waals surface area (Å²) in [6, 6.07) is 3.57. The van der Waals surface area contributed by atoms with E-state index in [9.17, 15) is 5.11 Å². The zero-order valence-electron chi connectivity index (χ0n) is 11.0. The molecular weight excluding hydrogens is 228 g/mol. The Morgan fingerprint density at radius 1 is 1.39 bits per heavy atom. The fourth-order valence-electron chi connectivity index (χ4n) is 1.83. The largest absolute Gasteiger partial charge is 0.493 e. The molecule has 0 heterocycles. The van der Waals surface area contributed by atoms with Crippen LogP contribution in [0.3, 0.4) is 0 Å². The van der Waals surface area contributed by atoms with Gasteiger partial charge in [0.05, 0.1) is 14.2 Å². The van der Waals surface area contributed by atoms with Gasteiger partial charge in [-0.25, -0.2) is 0 Å². The summed E-state index contributed by atoms with van der Waals surface area (Å²) in [5.41, 5.74) is 1.57. The second kappa shape index (κ2) is 6.73. The molecule has 3 heteroatoms. The molecule has 18 heavy (non-hydrogen) atoms. The molecule has 1 unspecified atom stereocenters. The summed E-state index contributed by atoms with van der Waals surface area (Å²) in [4.78, 5) is 0. The van der Waals surface area contributed by atoms with Crippen LogP contribution in [0, 0.1) is 11.8 Å². The van der Waals surface area contributed by atoms with Crippen LogP contribution in [-0.4, -0.2) is 19.3 Å². The van der Waals surface area contributed by atoms with Crippen molar-refractivity contribution < 1.29 is 14.6 Å². The molecule has 0 spiro atoms. The molecule has 0 aliphatic rings. The Morgan fingerprint density at radius 3 is 2.61 bits per heavy atom. The highest BCUT2D eigenvalue weighted by atomic mass is 16.5. The number of hydrogen-bond acceptors (Lipinski definition) is 3. The average molecular weight is 246 g/mol. The van der Waals surface area contributed by atoms with Crippen LogP contribution in [0.5, 0.6) is 11.5 Å². The number of rotatable bonds is 5. The zero-order chi connectivity index (χ0) is 13.5. The van der Waals surface area contributed by atoms with Gasteiger partial charge >= 0.3 is 0 Å². The summed E-state index contributed by atoms with van der Waals surface area (Å²) in [7, 11) is 3.16. The van der Waals surface area contributed by atoms with Crippen molar-refractivity contribution in [3.05, 3.63) is 35.9 Å². The van der Waals surface area contributed by atoms with Crippen molar-refractivity contribution in [2.24, 2.45) is 0 Å². The van der Waals surface area contributed by atoms with Gasteiger partial charge in [-0.2, -0.15) is 0 Å². The molecule has 0 radical (unpaired) electrons. The first-order chi connectivity index (χ1) is 8.69. The summed E-state index contributed by atoms with van der Waals surface area (Å²) in [6.45, 7) is 5.41. The maximum atomic E-state index is 10.0. The van der Waals surface area contributed by atoms with E-state index in [0.29, 0.717) is 17.9 Å². The third-order valence-corrected chi connectivity index (χ3v) is 2.61. The smallest absolute Gasteiger partial charge is 0.164 e. The van der Waals surface area contributed by atoms with E-state index in [1.165, 1.54) is 0 Å². The lowest BCUT2D eigenvalue weighted by atomic mass is 9.98. The van der Waals surface area contributed by atoms with Gasteiger partial charge in [0.2, 0.25) is 0 Å². The Morgan fingerprint density at radius 2 is 2.11 bits per heavy atom. The molecule has 3 nitrogen and oxygen atoms in total. The summed E-state index contributed by atoms with van der Waals surface area (Å²) in [6.07, 6.45) is 1.51. The second-order valence-electron chi connectivity index (χ2n) is 3.66. The number of allylic oxidation sites excluding steroid dienone is 1. The lowest BCUT2D eigenvalue weighted by Gasteiger charge is -2.17. The van der Waals surface area contributed by atoms with Crippen molar-refractivity contribution in [1.82, 2.24) is 0 Å². The molecule has 0 aliphatic heterocycles. The maximum Gasteiger partial charge on any atom is 0.164 e. The highest BCUT2D eigenvalue weighted by Crippen LogP contribution is 2.36. The highest BCUT2D eigenvalue weighted by molar-refractivity contribution is 5.53. The van der Waals surface area contributed by atoms with Crippen molar-refractivity contribution in [1.29, 1.82) is 0 Å². The number of benzene rings is 1. The van der Waals surface area contributed by atoms with E-state index in [2.05, 4.69) is 18.4 Å². The van der Waals surface area contributed by atoms with Crippen molar-refractivity contribution in [2.45, 2.75) is 19.4 Å². The summed E-state index contributed by atoms with van der Waals surface area (Å²) in [5.74, 6) is 6.68. The number of aliphatic hydroxyl groups is 1. The summed E-state index contributed by atoms with van der Waals surface area (Å²) >= 11 is 0. The Hall–Kier alpha value is -1.92. The van der Waals surface area contributed by atoms with Gasteiger partial charge in [-0.05, 0) is 19.4 Å². The molecule has 0 aliphatic carbocycles. The molecule has 1 atom stereocenters. The highest BCUT2D eigenvalue weighted by Gasteiger charge is 2.17. The Labute approximate surface area is 108 Å². The van der Waals surface area contributed by atoms with Crippen LogP contribution in [0.25, 0.3) is 0 Å². The molecule has 0 bridgehead atoms. The first-order valence-electron chi connectivity index (χ1n) is 5.64. The van der Waals surface area contributed by atoms with Gasteiger partial charge in [-0.1, -0.05) is 18.1 Å². The number of hydrogen-bond donors (Lipinski definition) is 1. The number of ether oxygens (including phenoxy) is 2. The molecule has 1 N–H and O–H groups in total. The third-order valence-electron chi connectivity index (χ3n) is 2.61. The summed E-state index contributed by atoms with van der Waals surface area (Å²) in [5, 5.41) is 10.0. The van der Waals surface area contributed by atoms with E-state index in [1.54, 1.807) is 39.4 Å². The van der Waals surface area contributed by atoms with Gasteiger partial charge in [-0.15, -0.1) is 12.5 Å². The van der Waals surface area contributed by atoms with Crippen molar-refractivity contribution in [3.8, 4) is 23.3 Å². The molecule has 1 rings (SSSR count). The van der Waals surface area contributed by atoms with E-state index >= 15 is 0 Å². The molecule has 1 aromatic carbocycles. The standard InChI is InChI=1S/C15H18O3/c1-5-7-12-11(13(16)8-6-2)9-10-14(17-3)15(12)18-4/h5,9-10,13,16H,1,7H2,2-4H3. The minimum absolute atomic E-state index is 0.582. The van der Waals surface area contributed by atoms with Gasteiger partial charge in [0.25, 0.3) is 0 Å². The van der Waals surface area contributed by atoms with Crippen LogP contribution in [0.2, 0.25) is 0 Å². The van der Waals surface area contributed by atoms with Crippen molar-refractivity contribution >= 4 is 0 Å². The lowest BCUT2D eigenvalue weighted by molar-refractivity contribution is 0.236. The minimum atomic E-state index is -0.829. The molecule has 0 saturated carbocycles. The molecule has 0 aromatic heterocycles. The van der Waals surface area contributed by atoms with Crippen LogP contribution in [-0.2, 0) is 6.42 Å². The molecule has 1 aromatic rings. The van der Waals surface area contributed by atoms with E-state index in [-0.39, 0.29) is 0 Å². The molecule has 0 amide bonds. The van der Waals surface area contributed by atoms with Gasteiger partial charge in [0, 0.05) is 11.1 Å². The second-order valence-corrected chi connectivity index (χ2v) is 3.66. The Bertz CT molecular complexity index is 480. The van der Waals surface area contributed by atoms with Gasteiger partial charge in [0.1, 0.15) is 6.10 Å². The molecule has 0 fully saturated rings.